The molecule has 0 aromatic rings. The van der Waals surface area contributed by atoms with Gasteiger partial charge in [0.15, 0.2) is 12.4 Å². The van der Waals surface area contributed by atoms with Crippen molar-refractivity contribution in [3.63, 3.8) is 0 Å². The van der Waals surface area contributed by atoms with Gasteiger partial charge in [-0.2, -0.15) is 0 Å². The molecule has 9 heteroatoms. The molecule has 0 radical (unpaired) electrons. The van der Waals surface area contributed by atoms with E-state index in [1.165, 1.54) is 6.92 Å². The smallest absolute Gasteiger partial charge is 0.333 e. The van der Waals surface area contributed by atoms with Gasteiger partial charge < -0.3 is 34.3 Å². The number of aliphatic hydroxyl groups is 3. The van der Waals surface area contributed by atoms with Gasteiger partial charge in [-0.25, -0.2) is 4.79 Å². The molecule has 0 aliphatic carbocycles. The number of aliphatic hydroxyl groups excluding tert-OH is 3. The minimum Gasteiger partial charge on any atom is -0.459 e. The zero-order valence-electron chi connectivity index (χ0n) is 27.2. The van der Waals surface area contributed by atoms with Crippen LogP contribution in [0.2, 0.25) is 0 Å². The van der Waals surface area contributed by atoms with Crippen LogP contribution >= 0.6 is 0 Å². The summed E-state index contributed by atoms with van der Waals surface area (Å²) in [4.78, 5) is 24.3. The largest absolute Gasteiger partial charge is 0.459 e. The summed E-state index contributed by atoms with van der Waals surface area (Å²) in [6.07, 6.45) is 6.55. The minimum absolute atomic E-state index is 0.213. The van der Waals surface area contributed by atoms with Gasteiger partial charge in [0, 0.05) is 24.8 Å². The number of allylic oxidation sites excluding steroid dienone is 4. The summed E-state index contributed by atoms with van der Waals surface area (Å²) < 4.78 is 23.6. The molecular formula is C34H52O9. The number of carbonyl (C=O) groups excluding carboxylic acids is 2. The van der Waals surface area contributed by atoms with Crippen molar-refractivity contribution in [2.75, 3.05) is 0 Å². The SMILES string of the molecule is CCC1C/C=C(C)/C=C(\C)C(O[C@@H]2OC(C)(C)[C@H](OC(C)=O)[C@H](O)[C@@H]2O)C(CC)/C=C(\C)C(O)C/C=C\C=C(/C)C(=O)O1. The number of ether oxygens (including phenoxy) is 4. The van der Waals surface area contributed by atoms with Crippen molar-refractivity contribution >= 4 is 11.9 Å². The molecule has 3 N–H and O–H groups in total. The molecular weight excluding hydrogens is 552 g/mol. The molecule has 0 aromatic heterocycles. The molecule has 2 aliphatic heterocycles. The first-order chi connectivity index (χ1) is 20.1. The third-order valence-corrected chi connectivity index (χ3v) is 7.98. The van der Waals surface area contributed by atoms with Gasteiger partial charge in [-0.3, -0.25) is 4.79 Å². The normalized spacial score (nSPS) is 38.7. The molecule has 0 bridgehead atoms. The number of hydrogen-bond donors (Lipinski definition) is 3. The van der Waals surface area contributed by atoms with Crippen LogP contribution in [0.4, 0.5) is 0 Å². The van der Waals surface area contributed by atoms with E-state index in [4.69, 9.17) is 18.9 Å². The van der Waals surface area contributed by atoms with Crippen LogP contribution in [-0.2, 0) is 28.5 Å². The number of carbonyl (C=O) groups is 2. The van der Waals surface area contributed by atoms with E-state index in [2.05, 4.69) is 0 Å². The van der Waals surface area contributed by atoms with E-state index < -0.39 is 48.4 Å². The maximum atomic E-state index is 12.6. The van der Waals surface area contributed by atoms with Crippen LogP contribution in [0.5, 0.6) is 0 Å². The molecule has 2 aliphatic rings. The Balaban J connectivity index is 2.53. The lowest BCUT2D eigenvalue weighted by Crippen LogP contribution is -2.64. The number of hydrogen-bond acceptors (Lipinski definition) is 9. The van der Waals surface area contributed by atoms with Crippen LogP contribution in [0.25, 0.3) is 0 Å². The van der Waals surface area contributed by atoms with E-state index in [1.54, 1.807) is 39.0 Å². The highest BCUT2D eigenvalue weighted by molar-refractivity contribution is 5.88. The molecule has 8 atom stereocenters. The Hall–Kier alpha value is -2.56. The predicted molar refractivity (Wildman–Crippen MR) is 165 cm³/mol. The fourth-order valence-corrected chi connectivity index (χ4v) is 5.28. The first kappa shape index (κ1) is 36.6. The van der Waals surface area contributed by atoms with Gasteiger partial charge in [0.25, 0.3) is 0 Å². The van der Waals surface area contributed by atoms with E-state index >= 15 is 0 Å². The average Bonchev–Trinajstić information content (AvgIpc) is 2.94. The zero-order valence-corrected chi connectivity index (χ0v) is 27.2. The van der Waals surface area contributed by atoms with Gasteiger partial charge in [0.1, 0.15) is 23.9 Å². The summed E-state index contributed by atoms with van der Waals surface area (Å²) in [6, 6.07) is 0. The van der Waals surface area contributed by atoms with Crippen molar-refractivity contribution in [1.82, 2.24) is 0 Å². The Kier molecular flexibility index (Phi) is 14.1. The maximum Gasteiger partial charge on any atom is 0.333 e. The molecule has 2 heterocycles. The van der Waals surface area contributed by atoms with Crippen molar-refractivity contribution in [3.8, 4) is 0 Å². The molecule has 0 aromatic carbocycles. The van der Waals surface area contributed by atoms with Crippen LogP contribution in [0.3, 0.4) is 0 Å². The second-order valence-corrected chi connectivity index (χ2v) is 12.2. The Bertz CT molecular complexity index is 1110. The summed E-state index contributed by atoms with van der Waals surface area (Å²) in [5.41, 5.74) is 1.87. The molecule has 2 rings (SSSR count). The second kappa shape index (κ2) is 16.5. The monoisotopic (exact) mass is 604 g/mol. The zero-order chi connectivity index (χ0) is 32.5. The van der Waals surface area contributed by atoms with Crippen molar-refractivity contribution in [3.05, 3.63) is 58.7 Å². The third-order valence-electron chi connectivity index (χ3n) is 7.98. The summed E-state index contributed by atoms with van der Waals surface area (Å²) in [7, 11) is 0. The molecule has 0 amide bonds. The van der Waals surface area contributed by atoms with Gasteiger partial charge in [-0.15, -0.1) is 0 Å². The summed E-state index contributed by atoms with van der Waals surface area (Å²) in [5, 5.41) is 32.8. The highest BCUT2D eigenvalue weighted by atomic mass is 16.7. The topological polar surface area (TPSA) is 132 Å². The van der Waals surface area contributed by atoms with E-state index in [0.717, 1.165) is 16.7 Å². The van der Waals surface area contributed by atoms with Gasteiger partial charge in [0.05, 0.1) is 12.2 Å². The lowest BCUT2D eigenvalue weighted by atomic mass is 9.88. The highest BCUT2D eigenvalue weighted by Crippen LogP contribution is 2.35. The Labute approximate surface area is 256 Å². The lowest BCUT2D eigenvalue weighted by molar-refractivity contribution is -0.333. The molecule has 1 fully saturated rings. The second-order valence-electron chi connectivity index (χ2n) is 12.2. The molecule has 1 saturated heterocycles. The van der Waals surface area contributed by atoms with E-state index in [1.807, 2.05) is 52.8 Å². The molecule has 0 saturated carbocycles. The summed E-state index contributed by atoms with van der Waals surface area (Å²) in [6.45, 7) is 16.0. The third kappa shape index (κ3) is 10.5. The van der Waals surface area contributed by atoms with E-state index in [9.17, 15) is 24.9 Å². The highest BCUT2D eigenvalue weighted by Gasteiger charge is 2.52. The quantitative estimate of drug-likeness (QED) is 0.293. The van der Waals surface area contributed by atoms with E-state index in [-0.39, 0.29) is 18.0 Å². The first-order valence-electron chi connectivity index (χ1n) is 15.2. The lowest BCUT2D eigenvalue weighted by Gasteiger charge is -2.47. The summed E-state index contributed by atoms with van der Waals surface area (Å²) >= 11 is 0. The van der Waals surface area contributed by atoms with Crippen molar-refractivity contribution in [2.45, 2.75) is 137 Å². The maximum absolute atomic E-state index is 12.6. The van der Waals surface area contributed by atoms with Gasteiger partial charge in [0.2, 0.25) is 0 Å². The molecule has 9 nitrogen and oxygen atoms in total. The van der Waals surface area contributed by atoms with Crippen LogP contribution < -0.4 is 0 Å². The standard InChI is InChI=1S/C34H52O9/c1-10-25-19-22(5)27(36)15-13-12-14-21(4)32(39)41-26(11-2)17-16-20(3)18-23(6)30(25)42-33-29(38)28(37)31(40-24(7)35)34(8,9)43-33/h12-14,16,18-19,25-31,33,36-38H,10-11,15,17H2,1-9H3/b13-12-,20-16+,21-14+,22-19+,23-18+/t25?,26?,27?,28-,29+,30?,31-,33-/m1/s1. The Morgan fingerprint density at radius 2 is 1.70 bits per heavy atom. The molecule has 4 unspecified atom stereocenters. The van der Waals surface area contributed by atoms with E-state index in [0.29, 0.717) is 31.3 Å². The number of cyclic esters (lactones) is 1. The summed E-state index contributed by atoms with van der Waals surface area (Å²) in [5.74, 6) is -1.18. The average molecular weight is 605 g/mol. The van der Waals surface area contributed by atoms with Gasteiger partial charge in [-0.05, 0) is 72.0 Å². The first-order valence-corrected chi connectivity index (χ1v) is 15.2. The molecule has 43 heavy (non-hydrogen) atoms. The predicted octanol–water partition coefficient (Wildman–Crippen LogP) is 5.00. The number of rotatable bonds is 5. The molecule has 0 spiro atoms. The minimum atomic E-state index is -1.48. The fraction of sp³-hybridized carbons (Fsp3) is 0.647. The molecule has 242 valence electrons. The van der Waals surface area contributed by atoms with Gasteiger partial charge >= 0.3 is 11.9 Å². The van der Waals surface area contributed by atoms with Crippen molar-refractivity contribution < 1.29 is 43.9 Å². The van der Waals surface area contributed by atoms with Crippen LogP contribution in [0, 0.1) is 5.92 Å². The number of esters is 2. The van der Waals surface area contributed by atoms with Crippen LogP contribution in [0.1, 0.15) is 88.0 Å². The van der Waals surface area contributed by atoms with Gasteiger partial charge in [-0.1, -0.05) is 55.9 Å². The fourth-order valence-electron chi connectivity index (χ4n) is 5.28. The van der Waals surface area contributed by atoms with Crippen molar-refractivity contribution in [1.29, 1.82) is 0 Å². The van der Waals surface area contributed by atoms with Crippen molar-refractivity contribution in [2.24, 2.45) is 5.92 Å². The van der Waals surface area contributed by atoms with Crippen LogP contribution in [-0.4, -0.2) is 75.8 Å². The van der Waals surface area contributed by atoms with Crippen LogP contribution in [0.15, 0.2) is 58.7 Å². The Morgan fingerprint density at radius 1 is 1.02 bits per heavy atom. The Morgan fingerprint density at radius 3 is 2.30 bits per heavy atom.